The second-order valence-electron chi connectivity index (χ2n) is 8.33. The van der Waals surface area contributed by atoms with Crippen LogP contribution in [-0.2, 0) is 4.79 Å². The van der Waals surface area contributed by atoms with Gasteiger partial charge in [0.05, 0.1) is 34.8 Å². The zero-order valence-corrected chi connectivity index (χ0v) is 19.2. The maximum atomic E-state index is 13.1. The van der Waals surface area contributed by atoms with Crippen LogP contribution in [0.4, 0.5) is 5.69 Å². The molecule has 5 rings (SSSR count). The van der Waals surface area contributed by atoms with Crippen molar-refractivity contribution in [1.82, 2.24) is 24.6 Å². The minimum absolute atomic E-state index is 0.104. The Morgan fingerprint density at radius 1 is 1.00 bits per heavy atom. The number of carbonyl (C=O) groups is 2. The standard InChI is InChI=1S/C26H23N7O2/c1-17(34)31-23-12-20(6-7-22(23)25(35)32-10-8-28-9-11-32)21-14-29-26-30-15-24(33(26)16-21)19-4-2-18(13-27)3-5-19/h2-7,12,14-16,28H,8-11H2,1H3,(H,31,34). The first-order chi connectivity index (χ1) is 17.0. The van der Waals surface area contributed by atoms with Crippen molar-refractivity contribution >= 4 is 23.3 Å². The monoisotopic (exact) mass is 465 g/mol. The van der Waals surface area contributed by atoms with Gasteiger partial charge in [-0.05, 0) is 29.8 Å². The van der Waals surface area contributed by atoms with Crippen molar-refractivity contribution < 1.29 is 9.59 Å². The lowest BCUT2D eigenvalue weighted by atomic mass is 10.0. The van der Waals surface area contributed by atoms with Crippen molar-refractivity contribution in [2.24, 2.45) is 0 Å². The van der Waals surface area contributed by atoms with Crippen LogP contribution in [0, 0.1) is 11.3 Å². The Hall–Kier alpha value is -4.55. The number of hydrogen-bond acceptors (Lipinski definition) is 6. The highest BCUT2D eigenvalue weighted by Crippen LogP contribution is 2.28. The van der Waals surface area contributed by atoms with Gasteiger partial charge < -0.3 is 15.5 Å². The van der Waals surface area contributed by atoms with E-state index in [0.717, 1.165) is 35.5 Å². The van der Waals surface area contributed by atoms with Gasteiger partial charge in [-0.15, -0.1) is 0 Å². The minimum Gasteiger partial charge on any atom is -0.336 e. The first kappa shape index (κ1) is 22.3. The Morgan fingerprint density at radius 3 is 2.43 bits per heavy atom. The highest BCUT2D eigenvalue weighted by molar-refractivity contribution is 6.04. The molecule has 0 saturated carbocycles. The highest BCUT2D eigenvalue weighted by atomic mass is 16.2. The largest absolute Gasteiger partial charge is 0.336 e. The van der Waals surface area contributed by atoms with E-state index < -0.39 is 0 Å². The molecule has 0 bridgehead atoms. The number of amides is 2. The van der Waals surface area contributed by atoms with Gasteiger partial charge in [-0.25, -0.2) is 9.97 Å². The molecule has 0 radical (unpaired) electrons. The number of aromatic nitrogens is 3. The molecule has 1 fully saturated rings. The topological polar surface area (TPSA) is 115 Å². The predicted molar refractivity (Wildman–Crippen MR) is 132 cm³/mol. The summed E-state index contributed by atoms with van der Waals surface area (Å²) in [7, 11) is 0. The van der Waals surface area contributed by atoms with Crippen LogP contribution in [0.2, 0.25) is 0 Å². The van der Waals surface area contributed by atoms with Crippen LogP contribution in [0.5, 0.6) is 0 Å². The number of benzene rings is 2. The van der Waals surface area contributed by atoms with Gasteiger partial charge in [0.2, 0.25) is 11.7 Å². The molecule has 4 aromatic rings. The van der Waals surface area contributed by atoms with Crippen molar-refractivity contribution in [2.75, 3.05) is 31.5 Å². The van der Waals surface area contributed by atoms with Gasteiger partial charge in [-0.2, -0.15) is 5.26 Å². The zero-order chi connectivity index (χ0) is 24.4. The number of carbonyl (C=O) groups excluding carboxylic acids is 2. The lowest BCUT2D eigenvalue weighted by Gasteiger charge is -2.28. The van der Waals surface area contributed by atoms with Gasteiger partial charge in [0.15, 0.2) is 0 Å². The predicted octanol–water partition coefficient (Wildman–Crippen LogP) is 2.94. The smallest absolute Gasteiger partial charge is 0.256 e. The summed E-state index contributed by atoms with van der Waals surface area (Å²) in [5.74, 6) is 0.191. The number of nitrogens with zero attached hydrogens (tertiary/aromatic N) is 5. The average molecular weight is 466 g/mol. The van der Waals surface area contributed by atoms with Gasteiger partial charge in [-0.1, -0.05) is 18.2 Å². The van der Waals surface area contributed by atoms with Gasteiger partial charge in [0.1, 0.15) is 0 Å². The summed E-state index contributed by atoms with van der Waals surface area (Å²) in [6.07, 6.45) is 5.38. The molecule has 1 aliphatic heterocycles. The van der Waals surface area contributed by atoms with E-state index in [1.807, 2.05) is 28.8 Å². The number of rotatable bonds is 4. The molecule has 9 nitrogen and oxygen atoms in total. The molecule has 3 heterocycles. The number of fused-ring (bicyclic) bond motifs is 1. The summed E-state index contributed by atoms with van der Waals surface area (Å²) < 4.78 is 1.88. The van der Waals surface area contributed by atoms with E-state index in [1.54, 1.807) is 41.6 Å². The molecule has 2 aromatic heterocycles. The molecule has 35 heavy (non-hydrogen) atoms. The molecule has 9 heteroatoms. The number of nitrogens with one attached hydrogen (secondary N) is 2. The molecule has 0 aliphatic carbocycles. The number of anilines is 1. The average Bonchev–Trinajstić information content (AvgIpc) is 3.32. The van der Waals surface area contributed by atoms with Crippen LogP contribution < -0.4 is 10.6 Å². The number of imidazole rings is 1. The summed E-state index contributed by atoms with van der Waals surface area (Å²) in [5.41, 5.74) is 4.87. The Bertz CT molecular complexity index is 1460. The first-order valence-corrected chi connectivity index (χ1v) is 11.3. The fourth-order valence-corrected chi connectivity index (χ4v) is 4.19. The molecule has 1 aliphatic rings. The van der Waals surface area contributed by atoms with Gasteiger partial charge in [0.25, 0.3) is 5.91 Å². The summed E-state index contributed by atoms with van der Waals surface area (Å²) >= 11 is 0. The van der Waals surface area contributed by atoms with Crippen LogP contribution in [0.15, 0.2) is 61.1 Å². The van der Waals surface area contributed by atoms with E-state index in [0.29, 0.717) is 35.7 Å². The third-order valence-electron chi connectivity index (χ3n) is 5.97. The Morgan fingerprint density at radius 2 is 1.71 bits per heavy atom. The maximum Gasteiger partial charge on any atom is 0.256 e. The maximum absolute atomic E-state index is 13.1. The normalized spacial score (nSPS) is 13.4. The third kappa shape index (κ3) is 4.47. The van der Waals surface area contributed by atoms with E-state index in [2.05, 4.69) is 26.7 Å². The van der Waals surface area contributed by atoms with Crippen molar-refractivity contribution in [2.45, 2.75) is 6.92 Å². The van der Waals surface area contributed by atoms with Crippen LogP contribution in [0.1, 0.15) is 22.8 Å². The zero-order valence-electron chi connectivity index (χ0n) is 19.2. The molecule has 0 spiro atoms. The van der Waals surface area contributed by atoms with E-state index in [4.69, 9.17) is 5.26 Å². The molecule has 2 N–H and O–H groups in total. The molecular formula is C26H23N7O2. The molecule has 0 unspecified atom stereocenters. The lowest BCUT2D eigenvalue weighted by molar-refractivity contribution is -0.114. The SMILES string of the molecule is CC(=O)Nc1cc(-c2cnc3ncc(-c4ccc(C#N)cc4)n3c2)ccc1C(=O)N1CCNCC1. The number of nitriles is 1. The summed E-state index contributed by atoms with van der Waals surface area (Å²) in [5, 5.41) is 15.1. The number of piperazine rings is 1. The van der Waals surface area contributed by atoms with Gasteiger partial charge in [0, 0.05) is 56.6 Å². The van der Waals surface area contributed by atoms with Gasteiger partial charge in [-0.3, -0.25) is 14.0 Å². The fraction of sp³-hybridized carbons (Fsp3) is 0.192. The third-order valence-corrected chi connectivity index (χ3v) is 5.97. The van der Waals surface area contributed by atoms with Crippen molar-refractivity contribution in [3.05, 3.63) is 72.2 Å². The minimum atomic E-state index is -0.247. The highest BCUT2D eigenvalue weighted by Gasteiger charge is 2.22. The van der Waals surface area contributed by atoms with Crippen molar-refractivity contribution in [1.29, 1.82) is 5.26 Å². The van der Waals surface area contributed by atoms with Crippen molar-refractivity contribution in [3.63, 3.8) is 0 Å². The van der Waals surface area contributed by atoms with Crippen LogP contribution in [-0.4, -0.2) is 57.3 Å². The molecule has 2 aromatic carbocycles. The molecular weight excluding hydrogens is 442 g/mol. The quantitative estimate of drug-likeness (QED) is 0.479. The Balaban J connectivity index is 1.53. The molecule has 0 atom stereocenters. The number of hydrogen-bond donors (Lipinski definition) is 2. The van der Waals surface area contributed by atoms with E-state index in [9.17, 15) is 9.59 Å². The van der Waals surface area contributed by atoms with Crippen LogP contribution in [0.3, 0.4) is 0 Å². The van der Waals surface area contributed by atoms with Crippen LogP contribution >= 0.6 is 0 Å². The summed E-state index contributed by atoms with van der Waals surface area (Å²) in [6, 6.07) is 14.8. The van der Waals surface area contributed by atoms with E-state index >= 15 is 0 Å². The Labute approximate surface area is 202 Å². The Kier molecular flexibility index (Phi) is 5.95. The summed E-state index contributed by atoms with van der Waals surface area (Å²) in [6.45, 7) is 4.17. The van der Waals surface area contributed by atoms with Crippen molar-refractivity contribution in [3.8, 4) is 28.5 Å². The first-order valence-electron chi connectivity index (χ1n) is 11.3. The van der Waals surface area contributed by atoms with E-state index in [-0.39, 0.29) is 11.8 Å². The summed E-state index contributed by atoms with van der Waals surface area (Å²) in [4.78, 5) is 35.7. The van der Waals surface area contributed by atoms with Gasteiger partial charge >= 0.3 is 0 Å². The van der Waals surface area contributed by atoms with E-state index in [1.165, 1.54) is 6.92 Å². The molecule has 2 amide bonds. The molecule has 1 saturated heterocycles. The molecule has 174 valence electrons. The lowest BCUT2D eigenvalue weighted by Crippen LogP contribution is -2.46. The van der Waals surface area contributed by atoms with Crippen LogP contribution in [0.25, 0.3) is 28.2 Å². The second-order valence-corrected chi connectivity index (χ2v) is 8.33. The second kappa shape index (κ2) is 9.37. The fourth-order valence-electron chi connectivity index (χ4n) is 4.19.